The highest BCUT2D eigenvalue weighted by Crippen LogP contribution is 2.24. The zero-order valence-corrected chi connectivity index (χ0v) is 9.54. The van der Waals surface area contributed by atoms with Crippen LogP contribution in [0.5, 0.6) is 0 Å². The lowest BCUT2D eigenvalue weighted by molar-refractivity contribution is -0.122. The molecule has 16 heavy (non-hydrogen) atoms. The summed E-state index contributed by atoms with van der Waals surface area (Å²) < 4.78 is 4.86. The Morgan fingerprint density at radius 3 is 3.00 bits per heavy atom. The third-order valence-electron chi connectivity index (χ3n) is 3.03. The van der Waals surface area contributed by atoms with Gasteiger partial charge in [0.15, 0.2) is 5.82 Å². The Kier molecular flexibility index (Phi) is 2.91. The molecule has 1 amide bonds. The molecular weight excluding hydrogens is 208 g/mol. The van der Waals surface area contributed by atoms with E-state index < -0.39 is 5.54 Å². The zero-order valence-electron chi connectivity index (χ0n) is 9.54. The number of amides is 1. The van der Waals surface area contributed by atoms with Crippen LogP contribution >= 0.6 is 0 Å². The van der Waals surface area contributed by atoms with Crippen molar-refractivity contribution in [2.45, 2.75) is 38.6 Å². The number of carbonyl (C=O) groups is 1. The number of rotatable bonds is 3. The van der Waals surface area contributed by atoms with Crippen LogP contribution in [0.4, 0.5) is 6.01 Å². The van der Waals surface area contributed by atoms with Crippen LogP contribution in [0.15, 0.2) is 4.52 Å². The molecule has 88 valence electrons. The lowest BCUT2D eigenvalue weighted by Gasteiger charge is -2.25. The molecule has 1 unspecified atom stereocenters. The summed E-state index contributed by atoms with van der Waals surface area (Å²) in [5.74, 6) is 0.427. The van der Waals surface area contributed by atoms with Crippen LogP contribution in [0.1, 0.15) is 32.0 Å². The number of carbonyl (C=O) groups excluding carboxylic acids is 1. The van der Waals surface area contributed by atoms with Gasteiger partial charge in [-0.3, -0.25) is 10.1 Å². The van der Waals surface area contributed by atoms with Crippen LogP contribution in [0.3, 0.4) is 0 Å². The van der Waals surface area contributed by atoms with E-state index in [1.54, 1.807) is 6.92 Å². The van der Waals surface area contributed by atoms with Crippen molar-refractivity contribution in [3.05, 3.63) is 5.82 Å². The van der Waals surface area contributed by atoms with Crippen molar-refractivity contribution in [2.75, 3.05) is 11.9 Å². The van der Waals surface area contributed by atoms with Gasteiger partial charge < -0.3 is 9.84 Å². The van der Waals surface area contributed by atoms with Gasteiger partial charge in [0, 0.05) is 0 Å². The van der Waals surface area contributed by atoms with Crippen molar-refractivity contribution in [1.82, 2.24) is 15.5 Å². The molecule has 2 N–H and O–H groups in total. The standard InChI is InChI=1S/C10H16N4O2/c1-3-10(5-4-6-11-10)8(15)13-9-12-7(2)14-16-9/h11H,3-6H2,1-2H3,(H,12,13,14,15). The molecule has 1 saturated heterocycles. The van der Waals surface area contributed by atoms with E-state index in [-0.39, 0.29) is 11.9 Å². The van der Waals surface area contributed by atoms with E-state index in [9.17, 15) is 4.79 Å². The topological polar surface area (TPSA) is 80.1 Å². The van der Waals surface area contributed by atoms with Crippen molar-refractivity contribution >= 4 is 11.9 Å². The fourth-order valence-corrected chi connectivity index (χ4v) is 2.03. The molecule has 0 radical (unpaired) electrons. The molecule has 0 saturated carbocycles. The van der Waals surface area contributed by atoms with Crippen molar-refractivity contribution < 1.29 is 9.32 Å². The van der Waals surface area contributed by atoms with Gasteiger partial charge in [0.25, 0.3) is 0 Å². The summed E-state index contributed by atoms with van der Waals surface area (Å²) >= 11 is 0. The molecular formula is C10H16N4O2. The van der Waals surface area contributed by atoms with Crippen LogP contribution in [0.2, 0.25) is 0 Å². The first kappa shape index (κ1) is 11.1. The lowest BCUT2D eigenvalue weighted by atomic mass is 9.93. The zero-order chi connectivity index (χ0) is 11.6. The summed E-state index contributed by atoms with van der Waals surface area (Å²) in [5.41, 5.74) is -0.470. The molecule has 1 aliphatic heterocycles. The number of anilines is 1. The number of nitrogens with one attached hydrogen (secondary N) is 2. The first-order valence-corrected chi connectivity index (χ1v) is 5.53. The second-order valence-corrected chi connectivity index (χ2v) is 4.07. The summed E-state index contributed by atoms with van der Waals surface area (Å²) in [6.07, 6.45) is 2.62. The van der Waals surface area contributed by atoms with Gasteiger partial charge in [-0.1, -0.05) is 12.1 Å². The van der Waals surface area contributed by atoms with Crippen molar-refractivity contribution in [3.8, 4) is 0 Å². The van der Waals surface area contributed by atoms with E-state index >= 15 is 0 Å². The third kappa shape index (κ3) is 1.92. The Balaban J connectivity index is 2.07. The molecule has 1 aromatic rings. The highest BCUT2D eigenvalue weighted by Gasteiger charge is 2.39. The van der Waals surface area contributed by atoms with Gasteiger partial charge in [-0.2, -0.15) is 4.98 Å². The summed E-state index contributed by atoms with van der Waals surface area (Å²) in [6, 6.07) is 0.170. The van der Waals surface area contributed by atoms with Gasteiger partial charge in [0.2, 0.25) is 5.91 Å². The van der Waals surface area contributed by atoms with Crippen molar-refractivity contribution in [1.29, 1.82) is 0 Å². The Morgan fingerprint density at radius 2 is 2.50 bits per heavy atom. The molecule has 1 fully saturated rings. The van der Waals surface area contributed by atoms with E-state index in [0.717, 1.165) is 25.8 Å². The number of hydrogen-bond donors (Lipinski definition) is 2. The second-order valence-electron chi connectivity index (χ2n) is 4.07. The molecule has 2 rings (SSSR count). The maximum Gasteiger partial charge on any atom is 0.328 e. The average Bonchev–Trinajstić information content (AvgIpc) is 2.88. The lowest BCUT2D eigenvalue weighted by Crippen LogP contribution is -2.50. The molecule has 1 aliphatic rings. The Morgan fingerprint density at radius 1 is 1.69 bits per heavy atom. The second kappa shape index (κ2) is 4.21. The van der Waals surface area contributed by atoms with Gasteiger partial charge in [-0.25, -0.2) is 0 Å². The molecule has 0 aliphatic carbocycles. The maximum atomic E-state index is 12.1. The Labute approximate surface area is 93.8 Å². The van der Waals surface area contributed by atoms with Crippen LogP contribution in [-0.2, 0) is 4.79 Å². The van der Waals surface area contributed by atoms with E-state index in [1.807, 2.05) is 6.92 Å². The Bertz CT molecular complexity index is 382. The largest absolute Gasteiger partial charge is 0.328 e. The van der Waals surface area contributed by atoms with Crippen LogP contribution in [0, 0.1) is 6.92 Å². The van der Waals surface area contributed by atoms with Gasteiger partial charge in [-0.05, 0) is 32.7 Å². The van der Waals surface area contributed by atoms with Crippen LogP contribution < -0.4 is 10.6 Å². The van der Waals surface area contributed by atoms with Crippen LogP contribution in [-0.4, -0.2) is 28.1 Å². The van der Waals surface area contributed by atoms with Crippen molar-refractivity contribution in [2.24, 2.45) is 0 Å². The average molecular weight is 224 g/mol. The fourth-order valence-electron chi connectivity index (χ4n) is 2.03. The maximum absolute atomic E-state index is 12.1. The highest BCUT2D eigenvalue weighted by atomic mass is 16.5. The highest BCUT2D eigenvalue weighted by molar-refractivity contribution is 5.96. The summed E-state index contributed by atoms with van der Waals surface area (Å²) in [4.78, 5) is 16.0. The molecule has 0 aromatic carbocycles. The minimum Gasteiger partial charge on any atom is -0.315 e. The van der Waals surface area contributed by atoms with E-state index in [0.29, 0.717) is 5.82 Å². The van der Waals surface area contributed by atoms with E-state index in [2.05, 4.69) is 20.8 Å². The Hall–Kier alpha value is -1.43. The molecule has 0 bridgehead atoms. The molecule has 1 aromatic heterocycles. The molecule has 0 spiro atoms. The van der Waals surface area contributed by atoms with Crippen LogP contribution in [0.25, 0.3) is 0 Å². The summed E-state index contributed by atoms with van der Waals surface area (Å²) in [7, 11) is 0. The smallest absolute Gasteiger partial charge is 0.315 e. The van der Waals surface area contributed by atoms with Gasteiger partial charge >= 0.3 is 6.01 Å². The molecule has 1 atom stereocenters. The number of nitrogens with zero attached hydrogens (tertiary/aromatic N) is 2. The molecule has 6 heteroatoms. The SMILES string of the molecule is CCC1(C(=O)Nc2nc(C)no2)CCCN1. The van der Waals surface area contributed by atoms with Gasteiger partial charge in [-0.15, -0.1) is 0 Å². The van der Waals surface area contributed by atoms with Gasteiger partial charge in [0.05, 0.1) is 5.54 Å². The van der Waals surface area contributed by atoms with E-state index in [4.69, 9.17) is 4.52 Å². The van der Waals surface area contributed by atoms with E-state index in [1.165, 1.54) is 0 Å². The monoisotopic (exact) mass is 224 g/mol. The first-order chi connectivity index (χ1) is 7.66. The molecule has 2 heterocycles. The summed E-state index contributed by atoms with van der Waals surface area (Å²) in [6.45, 7) is 4.59. The minimum absolute atomic E-state index is 0.0869. The number of aromatic nitrogens is 2. The number of hydrogen-bond acceptors (Lipinski definition) is 5. The van der Waals surface area contributed by atoms with Gasteiger partial charge in [0.1, 0.15) is 0 Å². The quantitative estimate of drug-likeness (QED) is 0.795. The predicted molar refractivity (Wildman–Crippen MR) is 57.9 cm³/mol. The minimum atomic E-state index is -0.470. The number of aryl methyl sites for hydroxylation is 1. The normalized spacial score (nSPS) is 24.6. The fraction of sp³-hybridized carbons (Fsp3) is 0.700. The predicted octanol–water partition coefficient (Wildman–Crippen LogP) is 0.849. The van der Waals surface area contributed by atoms with Crippen molar-refractivity contribution in [3.63, 3.8) is 0 Å². The third-order valence-corrected chi connectivity index (χ3v) is 3.03. The first-order valence-electron chi connectivity index (χ1n) is 5.53. The summed E-state index contributed by atoms with van der Waals surface area (Å²) in [5, 5.41) is 9.52. The molecule has 6 nitrogen and oxygen atoms in total.